The normalized spacial score (nSPS) is 14.7. The van der Waals surface area contributed by atoms with Crippen LogP contribution in [0.4, 0.5) is 0 Å². The highest BCUT2D eigenvalue weighted by molar-refractivity contribution is 5.88. The van der Waals surface area contributed by atoms with Gasteiger partial charge < -0.3 is 15.0 Å². The molecule has 0 spiro atoms. The molecule has 1 aliphatic rings. The van der Waals surface area contributed by atoms with Crippen molar-refractivity contribution in [2.45, 2.75) is 90.3 Å². The Kier molecular flexibility index (Phi) is 9.55. The van der Waals surface area contributed by atoms with E-state index in [1.54, 1.807) is 12.0 Å². The number of benzene rings is 2. The number of carbonyl (C=O) groups excluding carboxylic acids is 2. The lowest BCUT2D eigenvalue weighted by Crippen LogP contribution is -2.51. The molecule has 1 atom stereocenters. The Morgan fingerprint density at radius 1 is 1.00 bits per heavy atom. The highest BCUT2D eigenvalue weighted by atomic mass is 16.5. The first kappa shape index (κ1) is 25.8. The summed E-state index contributed by atoms with van der Waals surface area (Å²) in [5.74, 6) is 1.24. The van der Waals surface area contributed by atoms with E-state index in [0.717, 1.165) is 42.6 Å². The van der Waals surface area contributed by atoms with Gasteiger partial charge in [0.05, 0.1) is 7.11 Å². The number of aryl methyl sites for hydroxylation is 1. The van der Waals surface area contributed by atoms with Gasteiger partial charge in [-0.25, -0.2) is 0 Å². The van der Waals surface area contributed by atoms with Crippen LogP contribution in [0.1, 0.15) is 81.9 Å². The molecule has 0 saturated heterocycles. The smallest absolute Gasteiger partial charge is 0.243 e. The Morgan fingerprint density at radius 3 is 2.18 bits per heavy atom. The monoisotopic (exact) mass is 464 g/mol. The average molecular weight is 465 g/mol. The molecule has 5 heteroatoms. The molecule has 0 aromatic heterocycles. The lowest BCUT2D eigenvalue weighted by molar-refractivity contribution is -0.141. The fourth-order valence-electron chi connectivity index (χ4n) is 4.68. The standard InChI is InChI=1S/C29H40N2O3/c1-5-27(29(33)30-25-8-6-7-9-25)31(20-23-12-17-26(34-4)18-13-23)28(32)19-14-22-10-15-24(16-11-22)21(2)3/h10-13,15-18,21,25,27H,5-9,14,19-20H2,1-4H3,(H,30,33)/t27-/m0/s1. The van der Waals surface area contributed by atoms with Gasteiger partial charge in [-0.05, 0) is 60.4 Å². The van der Waals surface area contributed by atoms with E-state index in [0.29, 0.717) is 31.7 Å². The minimum absolute atomic E-state index is 0.0113. The topological polar surface area (TPSA) is 58.6 Å². The summed E-state index contributed by atoms with van der Waals surface area (Å²) < 4.78 is 5.27. The lowest BCUT2D eigenvalue weighted by Gasteiger charge is -2.31. The van der Waals surface area contributed by atoms with Gasteiger partial charge in [-0.3, -0.25) is 9.59 Å². The van der Waals surface area contributed by atoms with Crippen LogP contribution >= 0.6 is 0 Å². The predicted molar refractivity (Wildman–Crippen MR) is 137 cm³/mol. The number of amides is 2. The van der Waals surface area contributed by atoms with Crippen molar-refractivity contribution < 1.29 is 14.3 Å². The van der Waals surface area contributed by atoms with Crippen LogP contribution in [0.2, 0.25) is 0 Å². The maximum atomic E-state index is 13.5. The quantitative estimate of drug-likeness (QED) is 0.470. The summed E-state index contributed by atoms with van der Waals surface area (Å²) >= 11 is 0. The van der Waals surface area contributed by atoms with Gasteiger partial charge in [-0.1, -0.05) is 70.0 Å². The Balaban J connectivity index is 1.73. The van der Waals surface area contributed by atoms with Crippen LogP contribution in [0.5, 0.6) is 5.75 Å². The van der Waals surface area contributed by atoms with Crippen molar-refractivity contribution in [2.75, 3.05) is 7.11 Å². The first-order valence-electron chi connectivity index (χ1n) is 12.7. The molecular weight excluding hydrogens is 424 g/mol. The Bertz CT molecular complexity index is 915. The van der Waals surface area contributed by atoms with Crippen LogP contribution in [0.25, 0.3) is 0 Å². The van der Waals surface area contributed by atoms with Gasteiger partial charge >= 0.3 is 0 Å². The number of nitrogens with zero attached hydrogens (tertiary/aromatic N) is 1. The molecule has 34 heavy (non-hydrogen) atoms. The van der Waals surface area contributed by atoms with E-state index in [1.807, 2.05) is 31.2 Å². The zero-order valence-electron chi connectivity index (χ0n) is 21.2. The van der Waals surface area contributed by atoms with E-state index in [1.165, 1.54) is 5.56 Å². The van der Waals surface area contributed by atoms with Crippen LogP contribution in [0.3, 0.4) is 0 Å². The zero-order chi connectivity index (χ0) is 24.5. The van der Waals surface area contributed by atoms with Crippen molar-refractivity contribution in [1.29, 1.82) is 0 Å². The second-order valence-corrected chi connectivity index (χ2v) is 9.68. The molecule has 0 heterocycles. The molecule has 1 saturated carbocycles. The van der Waals surface area contributed by atoms with Gasteiger partial charge in [0, 0.05) is 19.0 Å². The number of ether oxygens (including phenoxy) is 1. The fourth-order valence-corrected chi connectivity index (χ4v) is 4.68. The molecule has 1 aliphatic carbocycles. The predicted octanol–water partition coefficient (Wildman–Crippen LogP) is 5.62. The van der Waals surface area contributed by atoms with Crippen LogP contribution < -0.4 is 10.1 Å². The van der Waals surface area contributed by atoms with Crippen molar-refractivity contribution in [3.63, 3.8) is 0 Å². The van der Waals surface area contributed by atoms with Gasteiger partial charge in [0.15, 0.2) is 0 Å². The molecule has 0 radical (unpaired) electrons. The van der Waals surface area contributed by atoms with E-state index < -0.39 is 6.04 Å². The highest BCUT2D eigenvalue weighted by Crippen LogP contribution is 2.21. The molecule has 0 unspecified atom stereocenters. The van der Waals surface area contributed by atoms with E-state index in [9.17, 15) is 9.59 Å². The Morgan fingerprint density at radius 2 is 1.62 bits per heavy atom. The summed E-state index contributed by atoms with van der Waals surface area (Å²) in [5, 5.41) is 3.21. The summed E-state index contributed by atoms with van der Waals surface area (Å²) in [7, 11) is 1.64. The number of carbonyl (C=O) groups is 2. The second kappa shape index (κ2) is 12.6. The summed E-state index contributed by atoms with van der Waals surface area (Å²) in [6.07, 6.45) is 6.00. The molecule has 2 amide bonds. The van der Waals surface area contributed by atoms with Crippen LogP contribution in [-0.2, 0) is 22.6 Å². The highest BCUT2D eigenvalue weighted by Gasteiger charge is 2.30. The molecule has 2 aromatic carbocycles. The van der Waals surface area contributed by atoms with E-state index >= 15 is 0 Å². The maximum Gasteiger partial charge on any atom is 0.243 e. The minimum Gasteiger partial charge on any atom is -0.497 e. The Hall–Kier alpha value is -2.82. The second-order valence-electron chi connectivity index (χ2n) is 9.68. The van der Waals surface area contributed by atoms with Crippen molar-refractivity contribution >= 4 is 11.8 Å². The largest absolute Gasteiger partial charge is 0.497 e. The van der Waals surface area contributed by atoms with Gasteiger partial charge in [0.2, 0.25) is 11.8 Å². The van der Waals surface area contributed by atoms with Crippen molar-refractivity contribution in [1.82, 2.24) is 10.2 Å². The lowest BCUT2D eigenvalue weighted by atomic mass is 10.00. The fraction of sp³-hybridized carbons (Fsp3) is 0.517. The maximum absolute atomic E-state index is 13.5. The van der Waals surface area contributed by atoms with Gasteiger partial charge in [-0.15, -0.1) is 0 Å². The first-order valence-corrected chi connectivity index (χ1v) is 12.7. The number of hydrogen-bond donors (Lipinski definition) is 1. The summed E-state index contributed by atoms with van der Waals surface area (Å²) in [4.78, 5) is 28.5. The van der Waals surface area contributed by atoms with E-state index in [-0.39, 0.29) is 17.9 Å². The molecular formula is C29H40N2O3. The van der Waals surface area contributed by atoms with Crippen molar-refractivity contribution in [2.24, 2.45) is 0 Å². The third-order valence-corrected chi connectivity index (χ3v) is 6.87. The van der Waals surface area contributed by atoms with Gasteiger partial charge in [-0.2, -0.15) is 0 Å². The minimum atomic E-state index is -0.474. The summed E-state index contributed by atoms with van der Waals surface area (Å²) in [5.41, 5.74) is 3.43. The number of rotatable bonds is 11. The third-order valence-electron chi connectivity index (χ3n) is 6.87. The van der Waals surface area contributed by atoms with Crippen LogP contribution in [0, 0.1) is 0 Å². The first-order chi connectivity index (χ1) is 16.4. The molecule has 1 N–H and O–H groups in total. The van der Waals surface area contributed by atoms with E-state index in [4.69, 9.17) is 4.74 Å². The van der Waals surface area contributed by atoms with E-state index in [2.05, 4.69) is 43.4 Å². The molecule has 2 aromatic rings. The Labute approximate surface area is 204 Å². The SMILES string of the molecule is CC[C@@H](C(=O)NC1CCCC1)N(Cc1ccc(OC)cc1)C(=O)CCc1ccc(C(C)C)cc1. The van der Waals surface area contributed by atoms with Gasteiger partial charge in [0.25, 0.3) is 0 Å². The molecule has 0 aliphatic heterocycles. The number of methoxy groups -OCH3 is 1. The summed E-state index contributed by atoms with van der Waals surface area (Å²) in [6, 6.07) is 16.0. The van der Waals surface area contributed by atoms with Crippen LogP contribution in [0.15, 0.2) is 48.5 Å². The van der Waals surface area contributed by atoms with Gasteiger partial charge in [0.1, 0.15) is 11.8 Å². The number of nitrogens with one attached hydrogen (secondary N) is 1. The van der Waals surface area contributed by atoms with Crippen LogP contribution in [-0.4, -0.2) is 35.9 Å². The van der Waals surface area contributed by atoms with Crippen molar-refractivity contribution in [3.8, 4) is 5.75 Å². The van der Waals surface area contributed by atoms with Crippen molar-refractivity contribution in [3.05, 3.63) is 65.2 Å². The molecule has 1 fully saturated rings. The average Bonchev–Trinajstić information content (AvgIpc) is 3.36. The number of hydrogen-bond acceptors (Lipinski definition) is 3. The third kappa shape index (κ3) is 7.09. The molecule has 0 bridgehead atoms. The zero-order valence-corrected chi connectivity index (χ0v) is 21.2. The summed E-state index contributed by atoms with van der Waals surface area (Å²) in [6.45, 7) is 6.75. The molecule has 3 rings (SSSR count). The molecule has 184 valence electrons. The molecule has 5 nitrogen and oxygen atoms in total.